The van der Waals surface area contributed by atoms with Gasteiger partial charge in [-0.15, -0.1) is 0 Å². The van der Waals surface area contributed by atoms with E-state index in [1.165, 1.54) is 35.0 Å². The first-order valence-corrected chi connectivity index (χ1v) is 9.05. The first-order chi connectivity index (χ1) is 10.4. The maximum Gasteiger partial charge on any atom is 0.113 e. The third-order valence-electron chi connectivity index (χ3n) is 4.57. The molecule has 2 aromatic rings. The molecule has 2 fully saturated rings. The normalized spacial score (nSPS) is 23.0. The van der Waals surface area contributed by atoms with Crippen LogP contribution in [0.5, 0.6) is 0 Å². The maximum absolute atomic E-state index is 4.67. The molecule has 4 rings (SSSR count). The number of nitrogens with one attached hydrogen (secondary N) is 1. The highest BCUT2D eigenvalue weighted by Crippen LogP contribution is 2.27. The Morgan fingerprint density at radius 2 is 2.24 bits per heavy atom. The number of hydrogen-bond acceptors (Lipinski definition) is 4. The first kappa shape index (κ1) is 13.5. The highest BCUT2D eigenvalue weighted by molar-refractivity contribution is 7.99. The van der Waals surface area contributed by atoms with Crippen molar-refractivity contribution in [3.05, 3.63) is 30.4 Å². The Hall–Kier alpha value is -1.20. The second-order valence-corrected chi connectivity index (χ2v) is 7.17. The van der Waals surface area contributed by atoms with Crippen molar-refractivity contribution in [2.45, 2.75) is 12.8 Å². The van der Waals surface area contributed by atoms with Crippen LogP contribution in [0.25, 0.3) is 5.52 Å². The summed E-state index contributed by atoms with van der Waals surface area (Å²) in [5, 5.41) is 3.40. The van der Waals surface area contributed by atoms with Gasteiger partial charge in [-0.2, -0.15) is 11.8 Å². The standard InChI is InChI=1S/C16H22N4S/c1-5-20-15(10-14(1)19-6-3-17-4-7-19)11-18-16(20)9-13-2-8-21-12-13/h1,5,10-11,13,17H,2-4,6-9,12H2. The molecule has 2 saturated heterocycles. The number of aromatic nitrogens is 2. The van der Waals surface area contributed by atoms with Gasteiger partial charge in [0.2, 0.25) is 0 Å². The third kappa shape index (κ3) is 2.77. The molecular formula is C16H22N4S. The maximum atomic E-state index is 4.67. The van der Waals surface area contributed by atoms with E-state index < -0.39 is 0 Å². The van der Waals surface area contributed by atoms with Gasteiger partial charge in [-0.3, -0.25) is 0 Å². The van der Waals surface area contributed by atoms with Crippen LogP contribution in [-0.2, 0) is 6.42 Å². The molecule has 1 N–H and O–H groups in total. The van der Waals surface area contributed by atoms with E-state index in [4.69, 9.17) is 0 Å². The molecule has 2 aliphatic heterocycles. The average molecular weight is 302 g/mol. The molecule has 0 aliphatic carbocycles. The van der Waals surface area contributed by atoms with Gasteiger partial charge >= 0.3 is 0 Å². The summed E-state index contributed by atoms with van der Waals surface area (Å²) in [7, 11) is 0. The van der Waals surface area contributed by atoms with E-state index in [1.54, 1.807) is 0 Å². The number of rotatable bonds is 3. The van der Waals surface area contributed by atoms with Gasteiger partial charge in [0.15, 0.2) is 0 Å². The number of imidazole rings is 1. The Kier molecular flexibility index (Phi) is 3.78. The second-order valence-electron chi connectivity index (χ2n) is 6.03. The Morgan fingerprint density at radius 1 is 1.33 bits per heavy atom. The van der Waals surface area contributed by atoms with Crippen LogP contribution in [0.2, 0.25) is 0 Å². The SMILES string of the molecule is c1cn2c(CC3CCSC3)ncc2cc1N1CCNCC1. The number of pyridine rings is 1. The van der Waals surface area contributed by atoms with Gasteiger partial charge < -0.3 is 14.6 Å². The lowest BCUT2D eigenvalue weighted by Gasteiger charge is -2.29. The molecule has 1 unspecified atom stereocenters. The lowest BCUT2D eigenvalue weighted by atomic mass is 10.1. The van der Waals surface area contributed by atoms with Crippen molar-refractivity contribution in [1.82, 2.24) is 14.7 Å². The fourth-order valence-electron chi connectivity index (χ4n) is 3.32. The molecule has 0 bridgehead atoms. The fraction of sp³-hybridized carbons (Fsp3) is 0.562. The minimum absolute atomic E-state index is 0.813. The van der Waals surface area contributed by atoms with Crippen LogP contribution in [0, 0.1) is 5.92 Å². The number of piperazine rings is 1. The molecule has 2 aromatic heterocycles. The van der Waals surface area contributed by atoms with Crippen molar-refractivity contribution >= 4 is 23.0 Å². The molecule has 4 heterocycles. The van der Waals surface area contributed by atoms with Crippen LogP contribution in [0.15, 0.2) is 24.5 Å². The monoisotopic (exact) mass is 302 g/mol. The molecule has 0 aromatic carbocycles. The Labute approximate surface area is 129 Å². The van der Waals surface area contributed by atoms with E-state index in [0.717, 1.165) is 38.5 Å². The zero-order valence-corrected chi connectivity index (χ0v) is 13.1. The van der Waals surface area contributed by atoms with Crippen LogP contribution < -0.4 is 10.2 Å². The van der Waals surface area contributed by atoms with Gasteiger partial charge in [-0.05, 0) is 36.0 Å². The molecule has 112 valence electrons. The van der Waals surface area contributed by atoms with Gasteiger partial charge in [0.1, 0.15) is 5.82 Å². The average Bonchev–Trinajstić information content (AvgIpc) is 3.18. The Bertz CT molecular complexity index is 612. The predicted octanol–water partition coefficient (Wildman–Crippen LogP) is 2.04. The van der Waals surface area contributed by atoms with Gasteiger partial charge in [-0.1, -0.05) is 0 Å². The lowest BCUT2D eigenvalue weighted by molar-refractivity contribution is 0.574. The van der Waals surface area contributed by atoms with Crippen molar-refractivity contribution in [2.75, 3.05) is 42.6 Å². The van der Waals surface area contributed by atoms with E-state index in [9.17, 15) is 0 Å². The van der Waals surface area contributed by atoms with Crippen molar-refractivity contribution < 1.29 is 0 Å². The molecule has 0 saturated carbocycles. The zero-order valence-electron chi connectivity index (χ0n) is 12.3. The van der Waals surface area contributed by atoms with E-state index in [2.05, 4.69) is 49.7 Å². The summed E-state index contributed by atoms with van der Waals surface area (Å²) in [4.78, 5) is 7.12. The topological polar surface area (TPSA) is 32.6 Å². The van der Waals surface area contributed by atoms with Gasteiger partial charge in [0, 0.05) is 44.5 Å². The molecule has 0 amide bonds. The van der Waals surface area contributed by atoms with Crippen LogP contribution in [-0.4, -0.2) is 47.1 Å². The van der Waals surface area contributed by atoms with Crippen molar-refractivity contribution in [1.29, 1.82) is 0 Å². The number of thioether (sulfide) groups is 1. The fourth-order valence-corrected chi connectivity index (χ4v) is 4.60. The van der Waals surface area contributed by atoms with Crippen LogP contribution in [0.3, 0.4) is 0 Å². The molecule has 4 nitrogen and oxygen atoms in total. The van der Waals surface area contributed by atoms with Gasteiger partial charge in [0.25, 0.3) is 0 Å². The van der Waals surface area contributed by atoms with E-state index in [1.807, 2.05) is 6.20 Å². The summed E-state index contributed by atoms with van der Waals surface area (Å²) in [6.07, 6.45) is 6.70. The summed E-state index contributed by atoms with van der Waals surface area (Å²) in [6.45, 7) is 4.34. The second kappa shape index (κ2) is 5.89. The molecular weight excluding hydrogens is 280 g/mol. The smallest absolute Gasteiger partial charge is 0.113 e. The summed E-state index contributed by atoms with van der Waals surface area (Å²) in [6, 6.07) is 4.53. The third-order valence-corrected chi connectivity index (χ3v) is 5.80. The highest BCUT2D eigenvalue weighted by atomic mass is 32.2. The molecule has 1 atom stereocenters. The zero-order chi connectivity index (χ0) is 14.1. The minimum Gasteiger partial charge on any atom is -0.369 e. The van der Waals surface area contributed by atoms with Gasteiger partial charge in [0.05, 0.1) is 11.7 Å². The van der Waals surface area contributed by atoms with Crippen LogP contribution in [0.4, 0.5) is 5.69 Å². The van der Waals surface area contributed by atoms with E-state index in [0.29, 0.717) is 0 Å². The number of hydrogen-bond donors (Lipinski definition) is 1. The van der Waals surface area contributed by atoms with Crippen LogP contribution >= 0.6 is 11.8 Å². The van der Waals surface area contributed by atoms with Crippen molar-refractivity contribution in [3.63, 3.8) is 0 Å². The molecule has 5 heteroatoms. The molecule has 0 radical (unpaired) electrons. The quantitative estimate of drug-likeness (QED) is 0.940. The number of fused-ring (bicyclic) bond motifs is 1. The van der Waals surface area contributed by atoms with Gasteiger partial charge in [-0.25, -0.2) is 4.98 Å². The number of anilines is 1. The van der Waals surface area contributed by atoms with E-state index >= 15 is 0 Å². The first-order valence-electron chi connectivity index (χ1n) is 7.89. The number of nitrogens with zero attached hydrogens (tertiary/aromatic N) is 3. The summed E-state index contributed by atoms with van der Waals surface area (Å²) in [5.74, 6) is 4.66. The predicted molar refractivity (Wildman–Crippen MR) is 89.4 cm³/mol. The molecule has 2 aliphatic rings. The summed E-state index contributed by atoms with van der Waals surface area (Å²) < 4.78 is 2.27. The lowest BCUT2D eigenvalue weighted by Crippen LogP contribution is -2.43. The minimum atomic E-state index is 0.813. The van der Waals surface area contributed by atoms with Crippen LogP contribution in [0.1, 0.15) is 12.2 Å². The molecule has 21 heavy (non-hydrogen) atoms. The highest BCUT2D eigenvalue weighted by Gasteiger charge is 2.18. The Balaban J connectivity index is 1.57. The van der Waals surface area contributed by atoms with E-state index in [-0.39, 0.29) is 0 Å². The summed E-state index contributed by atoms with van der Waals surface area (Å²) in [5.41, 5.74) is 2.55. The molecule has 0 spiro atoms. The van der Waals surface area contributed by atoms with Crippen molar-refractivity contribution in [3.8, 4) is 0 Å². The summed E-state index contributed by atoms with van der Waals surface area (Å²) >= 11 is 2.08. The largest absolute Gasteiger partial charge is 0.369 e. The Morgan fingerprint density at radius 3 is 3.05 bits per heavy atom. The van der Waals surface area contributed by atoms with Crippen molar-refractivity contribution in [2.24, 2.45) is 5.92 Å².